The molecule has 0 spiro atoms. The van der Waals surface area contributed by atoms with Gasteiger partial charge in [0, 0.05) is 6.42 Å². The summed E-state index contributed by atoms with van der Waals surface area (Å²) in [6, 6.07) is 0. The van der Waals surface area contributed by atoms with Gasteiger partial charge in [-0.15, -0.1) is 0 Å². The summed E-state index contributed by atoms with van der Waals surface area (Å²) >= 11 is 0. The average molecular weight is 346 g/mol. The Morgan fingerprint density at radius 3 is 1.86 bits per heavy atom. The quantitative estimate of drug-likeness (QED) is 0.257. The maximum absolute atomic E-state index is 11.5. The molecule has 12 heteroatoms. The molecular formula is C9H16O10P2. The normalized spacial score (nSPS) is 17.4. The molecule has 2 atom stereocenters. The van der Waals surface area contributed by atoms with Crippen molar-refractivity contribution in [2.45, 2.75) is 30.6 Å². The van der Waals surface area contributed by atoms with Crippen LogP contribution in [-0.2, 0) is 18.7 Å². The fourth-order valence-corrected chi connectivity index (χ4v) is 3.60. The first kappa shape index (κ1) is 20.0. The van der Waals surface area contributed by atoms with Crippen LogP contribution in [0.15, 0.2) is 12.2 Å². The Kier molecular flexibility index (Phi) is 6.50. The number of hydrogen-bond donors (Lipinski definition) is 6. The van der Waals surface area contributed by atoms with Crippen LogP contribution in [0.25, 0.3) is 0 Å². The predicted molar refractivity (Wildman–Crippen MR) is 69.9 cm³/mol. The third-order valence-corrected chi connectivity index (χ3v) is 5.76. The highest BCUT2D eigenvalue weighted by Crippen LogP contribution is 2.59. The van der Waals surface area contributed by atoms with Crippen molar-refractivity contribution < 1.29 is 48.5 Å². The summed E-state index contributed by atoms with van der Waals surface area (Å²) in [5.41, 5.74) is -2.54. The zero-order valence-corrected chi connectivity index (χ0v) is 12.6. The molecule has 0 saturated carbocycles. The summed E-state index contributed by atoms with van der Waals surface area (Å²) < 4.78 is 22.6. The Morgan fingerprint density at radius 1 is 1.14 bits per heavy atom. The van der Waals surface area contributed by atoms with Crippen LogP contribution in [0, 0.1) is 0 Å². The molecule has 21 heavy (non-hydrogen) atoms. The topological polar surface area (TPSA) is 190 Å². The second-order valence-corrected chi connectivity index (χ2v) is 8.05. The predicted octanol–water partition coefficient (Wildman–Crippen LogP) is -0.0253. The van der Waals surface area contributed by atoms with E-state index in [1.165, 1.54) is 13.0 Å². The number of aliphatic carboxylic acids is 2. The fraction of sp³-hybridized carbons (Fsp3) is 0.556. The number of allylic oxidation sites excluding steroid dienone is 2. The summed E-state index contributed by atoms with van der Waals surface area (Å²) in [6.07, 6.45) is 0.176. The van der Waals surface area contributed by atoms with Crippen molar-refractivity contribution in [2.24, 2.45) is 0 Å². The minimum Gasteiger partial charge on any atom is -0.481 e. The largest absolute Gasteiger partial charge is 0.481 e. The van der Waals surface area contributed by atoms with Gasteiger partial charge in [-0.3, -0.25) is 18.7 Å². The molecule has 0 aromatic rings. The van der Waals surface area contributed by atoms with E-state index in [0.717, 1.165) is 6.08 Å². The maximum atomic E-state index is 11.5. The molecule has 0 saturated heterocycles. The number of carbonyl (C=O) groups is 2. The molecule has 0 aliphatic heterocycles. The highest BCUT2D eigenvalue weighted by molar-refractivity contribution is 7.55. The van der Waals surface area contributed by atoms with Gasteiger partial charge in [0.05, 0.1) is 0 Å². The third-order valence-electron chi connectivity index (χ3n) is 2.87. The number of carboxylic acid groups (broad SMARTS) is 2. The molecule has 0 rings (SSSR count). The minimum absolute atomic E-state index is 0.771. The van der Waals surface area contributed by atoms with Crippen molar-refractivity contribution in [2.75, 3.05) is 0 Å². The van der Waals surface area contributed by atoms with Crippen LogP contribution >= 0.6 is 15.2 Å². The zero-order valence-electron chi connectivity index (χ0n) is 10.9. The molecular weight excluding hydrogens is 330 g/mol. The van der Waals surface area contributed by atoms with E-state index in [1.807, 2.05) is 0 Å². The Labute approximate surface area is 119 Å². The lowest BCUT2D eigenvalue weighted by molar-refractivity contribution is -0.141. The van der Waals surface area contributed by atoms with Gasteiger partial charge in [-0.1, -0.05) is 12.2 Å². The fourth-order valence-electron chi connectivity index (χ4n) is 1.60. The number of carboxylic acids is 2. The first-order chi connectivity index (χ1) is 9.29. The van der Waals surface area contributed by atoms with Crippen molar-refractivity contribution in [3.05, 3.63) is 12.2 Å². The van der Waals surface area contributed by atoms with Crippen LogP contribution in [0.2, 0.25) is 0 Å². The Hall–Kier alpha value is -1.02. The van der Waals surface area contributed by atoms with Crippen LogP contribution in [0.3, 0.4) is 0 Å². The molecule has 0 aliphatic rings. The molecule has 0 aromatic carbocycles. The second-order valence-electron chi connectivity index (χ2n) is 4.30. The monoisotopic (exact) mass is 346 g/mol. The second kappa shape index (κ2) is 6.83. The van der Waals surface area contributed by atoms with Gasteiger partial charge in [0.1, 0.15) is 0 Å². The van der Waals surface area contributed by atoms with Gasteiger partial charge in [-0.2, -0.15) is 0 Å². The highest BCUT2D eigenvalue weighted by atomic mass is 31.2. The van der Waals surface area contributed by atoms with Gasteiger partial charge in [0.2, 0.25) is 0 Å². The molecule has 122 valence electrons. The van der Waals surface area contributed by atoms with E-state index in [0.29, 0.717) is 0 Å². The molecule has 0 fully saturated rings. The molecule has 0 aromatic heterocycles. The third kappa shape index (κ3) is 4.74. The van der Waals surface area contributed by atoms with Gasteiger partial charge in [0.15, 0.2) is 10.8 Å². The van der Waals surface area contributed by atoms with E-state index in [-0.39, 0.29) is 0 Å². The Balaban J connectivity index is 6.03. The van der Waals surface area contributed by atoms with Crippen molar-refractivity contribution in [3.8, 4) is 0 Å². The Bertz CT molecular complexity index is 529. The lowest BCUT2D eigenvalue weighted by Gasteiger charge is -2.31. The first-order valence-corrected chi connectivity index (χ1v) is 8.77. The van der Waals surface area contributed by atoms with Crippen LogP contribution in [0.4, 0.5) is 0 Å². The van der Waals surface area contributed by atoms with Crippen molar-refractivity contribution in [1.29, 1.82) is 0 Å². The minimum atomic E-state index is -5.41. The van der Waals surface area contributed by atoms with Gasteiger partial charge < -0.3 is 29.8 Å². The standard InChI is InChI=1S/C9H16O10P2/c1-2-3-4-9(8(12)13,21(17,18)19)5-6(7(10)11)20(14,15)16/h2-3,6H,4-5H2,1H3,(H,10,11)(H,12,13)(H2,14,15,16)(H2,17,18,19). The molecule has 0 amide bonds. The first-order valence-electron chi connectivity index (χ1n) is 5.48. The van der Waals surface area contributed by atoms with Crippen molar-refractivity contribution in [1.82, 2.24) is 0 Å². The number of hydrogen-bond acceptors (Lipinski definition) is 4. The maximum Gasteiger partial charge on any atom is 0.343 e. The summed E-state index contributed by atoms with van der Waals surface area (Å²) in [6.45, 7) is 1.43. The van der Waals surface area contributed by atoms with Gasteiger partial charge >= 0.3 is 27.1 Å². The molecule has 0 radical (unpaired) electrons. The lowest BCUT2D eigenvalue weighted by Crippen LogP contribution is -2.43. The smallest absolute Gasteiger partial charge is 0.343 e. The molecule has 2 unspecified atom stereocenters. The molecule has 6 N–H and O–H groups in total. The summed E-state index contributed by atoms with van der Waals surface area (Å²) in [7, 11) is -10.7. The van der Waals surface area contributed by atoms with E-state index in [2.05, 4.69) is 0 Å². The van der Waals surface area contributed by atoms with E-state index in [1.54, 1.807) is 0 Å². The summed E-state index contributed by atoms with van der Waals surface area (Å²) in [5, 5.41) is 15.0. The van der Waals surface area contributed by atoms with Gasteiger partial charge in [-0.05, 0) is 13.3 Å². The highest BCUT2D eigenvalue weighted by Gasteiger charge is 2.57. The van der Waals surface area contributed by atoms with E-state index < -0.39 is 50.8 Å². The molecule has 0 bridgehead atoms. The van der Waals surface area contributed by atoms with Crippen LogP contribution in [-0.4, -0.2) is 52.5 Å². The van der Waals surface area contributed by atoms with Crippen LogP contribution < -0.4 is 0 Å². The summed E-state index contributed by atoms with van der Waals surface area (Å²) in [4.78, 5) is 58.6. The average Bonchev–Trinajstić information content (AvgIpc) is 2.24. The van der Waals surface area contributed by atoms with Crippen molar-refractivity contribution >= 4 is 27.1 Å². The molecule has 0 heterocycles. The SMILES string of the molecule is CC=CCC(CC(C(=O)O)P(=O)(O)O)(C(=O)O)P(=O)(O)O. The van der Waals surface area contributed by atoms with E-state index in [9.17, 15) is 28.5 Å². The Morgan fingerprint density at radius 2 is 1.62 bits per heavy atom. The lowest BCUT2D eigenvalue weighted by atomic mass is 9.97. The van der Waals surface area contributed by atoms with E-state index >= 15 is 0 Å². The molecule has 10 nitrogen and oxygen atoms in total. The zero-order chi connectivity index (χ0) is 17.1. The van der Waals surface area contributed by atoms with Crippen LogP contribution in [0.5, 0.6) is 0 Å². The molecule has 0 aliphatic carbocycles. The van der Waals surface area contributed by atoms with Crippen LogP contribution in [0.1, 0.15) is 19.8 Å². The summed E-state index contributed by atoms with van der Waals surface area (Å²) in [5.74, 6) is -4.07. The van der Waals surface area contributed by atoms with Gasteiger partial charge in [0.25, 0.3) is 0 Å². The van der Waals surface area contributed by atoms with E-state index in [4.69, 9.17) is 20.0 Å². The van der Waals surface area contributed by atoms with Gasteiger partial charge in [-0.25, -0.2) is 0 Å². The number of rotatable bonds is 8. The van der Waals surface area contributed by atoms with Crippen molar-refractivity contribution in [3.63, 3.8) is 0 Å².